The number of para-hydroxylation sites is 1. The molecule has 8 nitrogen and oxygen atoms in total. The molecule has 0 saturated heterocycles. The summed E-state index contributed by atoms with van der Waals surface area (Å²) in [6, 6.07) is 22.2. The first kappa shape index (κ1) is 27.3. The lowest BCUT2D eigenvalue weighted by molar-refractivity contribution is -0.145. The molecule has 0 aliphatic heterocycles. The number of carbonyl (C=O) groups is 2. The van der Waals surface area contributed by atoms with Crippen LogP contribution in [0.3, 0.4) is 0 Å². The molecule has 1 aromatic heterocycles. The molecule has 0 radical (unpaired) electrons. The van der Waals surface area contributed by atoms with Gasteiger partial charge in [0.2, 0.25) is 0 Å². The first-order chi connectivity index (χ1) is 18.9. The van der Waals surface area contributed by atoms with Gasteiger partial charge >= 0.3 is 11.9 Å². The molecule has 0 aliphatic rings. The molecule has 8 heteroatoms. The van der Waals surface area contributed by atoms with Crippen molar-refractivity contribution < 1.29 is 33.6 Å². The van der Waals surface area contributed by atoms with Crippen molar-refractivity contribution in [3.05, 3.63) is 95.2 Å². The molecule has 0 amide bonds. The molecule has 0 bridgehead atoms. The third-order valence-corrected chi connectivity index (χ3v) is 6.38. The highest BCUT2D eigenvalue weighted by atomic mass is 16.6. The fraction of sp³-hybridized carbons (Fsp3) is 0.226. The van der Waals surface area contributed by atoms with Crippen LogP contribution >= 0.6 is 0 Å². The van der Waals surface area contributed by atoms with Crippen molar-refractivity contribution in [2.24, 2.45) is 0 Å². The van der Waals surface area contributed by atoms with Crippen molar-refractivity contribution in [2.45, 2.75) is 20.3 Å². The minimum atomic E-state index is -1.04. The van der Waals surface area contributed by atoms with Gasteiger partial charge in [-0.1, -0.05) is 36.4 Å². The summed E-state index contributed by atoms with van der Waals surface area (Å²) in [4.78, 5) is 24.5. The van der Waals surface area contributed by atoms with E-state index in [-0.39, 0.29) is 18.8 Å². The van der Waals surface area contributed by atoms with E-state index < -0.39 is 11.9 Å². The number of aromatic nitrogens is 1. The van der Waals surface area contributed by atoms with Gasteiger partial charge in [-0.2, -0.15) is 0 Å². The molecule has 0 spiro atoms. The summed E-state index contributed by atoms with van der Waals surface area (Å²) in [5, 5.41) is 10.5. The van der Waals surface area contributed by atoms with Crippen LogP contribution in [-0.4, -0.2) is 49.0 Å². The van der Waals surface area contributed by atoms with Gasteiger partial charge in [-0.05, 0) is 66.9 Å². The average molecular weight is 530 g/mol. The molecule has 0 aliphatic carbocycles. The second-order valence-electron chi connectivity index (χ2n) is 8.72. The maximum Gasteiger partial charge on any atom is 0.344 e. The lowest BCUT2D eigenvalue weighted by atomic mass is 9.98. The number of nitrogens with zero attached hydrogens (tertiary/aromatic N) is 1. The number of hydrogen-bond donors (Lipinski definition) is 1. The Morgan fingerprint density at radius 1 is 0.897 bits per heavy atom. The Morgan fingerprint density at radius 2 is 1.62 bits per heavy atom. The van der Waals surface area contributed by atoms with E-state index in [0.29, 0.717) is 46.2 Å². The molecule has 0 atom stereocenters. The summed E-state index contributed by atoms with van der Waals surface area (Å²) in [6.07, 6.45) is 0.432. The highest BCUT2D eigenvalue weighted by molar-refractivity contribution is 5.98. The Kier molecular flexibility index (Phi) is 8.56. The Bertz CT molecular complexity index is 1460. The second kappa shape index (κ2) is 12.2. The van der Waals surface area contributed by atoms with E-state index in [1.165, 1.54) is 0 Å². The van der Waals surface area contributed by atoms with Crippen molar-refractivity contribution >= 4 is 11.9 Å². The first-order valence-corrected chi connectivity index (χ1v) is 12.5. The van der Waals surface area contributed by atoms with E-state index in [4.69, 9.17) is 18.9 Å². The number of carbonyl (C=O) groups excluding carboxylic acids is 1. The SMILES string of the molecule is CCOC(=O)COc1ccc(-c2c(C(=O)O)c(Cc3ccccc3)c(C)n2-c2cccc(OC)c2OC)cc1. The fourth-order valence-electron chi connectivity index (χ4n) is 4.66. The van der Waals surface area contributed by atoms with E-state index in [1.807, 2.05) is 54.0 Å². The quantitative estimate of drug-likeness (QED) is 0.249. The van der Waals surface area contributed by atoms with E-state index in [1.54, 1.807) is 51.5 Å². The standard InChI is InChI=1S/C31H31NO7/c1-5-38-27(33)19-39-23-16-14-22(15-17-23)29-28(31(34)35)24(18-21-10-7-6-8-11-21)20(2)32(29)25-12-9-13-26(36-3)30(25)37-4/h6-17H,5,18-19H2,1-4H3,(H,34,35). The number of aromatic carboxylic acids is 1. The number of esters is 1. The van der Waals surface area contributed by atoms with Gasteiger partial charge in [-0.3, -0.25) is 0 Å². The minimum Gasteiger partial charge on any atom is -0.493 e. The topological polar surface area (TPSA) is 96.2 Å². The van der Waals surface area contributed by atoms with Crippen molar-refractivity contribution in [3.8, 4) is 34.2 Å². The third-order valence-electron chi connectivity index (χ3n) is 6.38. The predicted octanol–water partition coefficient (Wildman–Crippen LogP) is 5.70. The Hall–Kier alpha value is -4.72. The van der Waals surface area contributed by atoms with Crippen LogP contribution in [0.25, 0.3) is 16.9 Å². The van der Waals surface area contributed by atoms with E-state index >= 15 is 0 Å². The maximum atomic E-state index is 12.8. The zero-order chi connectivity index (χ0) is 27.9. The largest absolute Gasteiger partial charge is 0.493 e. The van der Waals surface area contributed by atoms with E-state index in [2.05, 4.69) is 0 Å². The zero-order valence-corrected chi connectivity index (χ0v) is 22.4. The van der Waals surface area contributed by atoms with Gasteiger partial charge in [0, 0.05) is 12.1 Å². The number of methoxy groups -OCH3 is 2. The highest BCUT2D eigenvalue weighted by Gasteiger charge is 2.29. The van der Waals surface area contributed by atoms with Gasteiger partial charge < -0.3 is 28.6 Å². The molecule has 4 rings (SSSR count). The number of ether oxygens (including phenoxy) is 4. The Balaban J connectivity index is 1.91. The smallest absolute Gasteiger partial charge is 0.344 e. The maximum absolute atomic E-state index is 12.8. The summed E-state index contributed by atoms with van der Waals surface area (Å²) >= 11 is 0. The summed E-state index contributed by atoms with van der Waals surface area (Å²) < 4.78 is 23.6. The zero-order valence-electron chi connectivity index (χ0n) is 22.4. The van der Waals surface area contributed by atoms with Crippen LogP contribution in [-0.2, 0) is 16.0 Å². The summed E-state index contributed by atoms with van der Waals surface area (Å²) in [7, 11) is 3.11. The molecule has 4 aromatic rings. The first-order valence-electron chi connectivity index (χ1n) is 12.5. The predicted molar refractivity (Wildman–Crippen MR) is 147 cm³/mol. The van der Waals surface area contributed by atoms with Gasteiger partial charge in [0.05, 0.1) is 37.8 Å². The number of carboxylic acids is 1. The van der Waals surface area contributed by atoms with Crippen LogP contribution in [0.1, 0.15) is 34.1 Å². The Labute approximate surface area is 227 Å². The third kappa shape index (κ3) is 5.75. The molecule has 3 aromatic carbocycles. The molecular weight excluding hydrogens is 498 g/mol. The van der Waals surface area contributed by atoms with Crippen LogP contribution in [0.2, 0.25) is 0 Å². The van der Waals surface area contributed by atoms with Crippen molar-refractivity contribution in [1.29, 1.82) is 0 Å². The lowest BCUT2D eigenvalue weighted by Gasteiger charge is -2.18. The van der Waals surface area contributed by atoms with Crippen molar-refractivity contribution in [1.82, 2.24) is 4.57 Å². The van der Waals surface area contributed by atoms with Crippen LogP contribution in [0.15, 0.2) is 72.8 Å². The second-order valence-corrected chi connectivity index (χ2v) is 8.72. The summed E-state index contributed by atoms with van der Waals surface area (Å²) in [5.74, 6) is -0.0330. The van der Waals surface area contributed by atoms with Crippen molar-refractivity contribution in [2.75, 3.05) is 27.4 Å². The lowest BCUT2D eigenvalue weighted by Crippen LogP contribution is -2.14. The van der Waals surface area contributed by atoms with Gasteiger partial charge in [0.25, 0.3) is 0 Å². The normalized spacial score (nSPS) is 10.7. The molecule has 39 heavy (non-hydrogen) atoms. The highest BCUT2D eigenvalue weighted by Crippen LogP contribution is 2.41. The number of rotatable bonds is 11. The number of carboxylic acid groups (broad SMARTS) is 1. The Morgan fingerprint density at radius 3 is 2.23 bits per heavy atom. The van der Waals surface area contributed by atoms with Crippen LogP contribution in [0.4, 0.5) is 0 Å². The fourth-order valence-corrected chi connectivity index (χ4v) is 4.66. The summed E-state index contributed by atoms with van der Waals surface area (Å²) in [6.45, 7) is 3.69. The van der Waals surface area contributed by atoms with Gasteiger partial charge in [-0.25, -0.2) is 9.59 Å². The molecule has 1 heterocycles. The van der Waals surface area contributed by atoms with Gasteiger partial charge in [0.1, 0.15) is 5.75 Å². The molecule has 202 valence electrons. The van der Waals surface area contributed by atoms with E-state index in [9.17, 15) is 14.7 Å². The van der Waals surface area contributed by atoms with E-state index in [0.717, 1.165) is 11.3 Å². The average Bonchev–Trinajstić information content (AvgIpc) is 3.24. The van der Waals surface area contributed by atoms with Crippen LogP contribution in [0, 0.1) is 6.92 Å². The minimum absolute atomic E-state index is 0.196. The number of hydrogen-bond acceptors (Lipinski definition) is 6. The number of benzene rings is 3. The summed E-state index contributed by atoms with van der Waals surface area (Å²) in [5.41, 5.74) is 4.44. The molecule has 0 unspecified atom stereocenters. The van der Waals surface area contributed by atoms with Crippen molar-refractivity contribution in [3.63, 3.8) is 0 Å². The molecule has 1 N–H and O–H groups in total. The van der Waals surface area contributed by atoms with Crippen LogP contribution < -0.4 is 14.2 Å². The molecule has 0 fully saturated rings. The molecule has 0 saturated carbocycles. The van der Waals surface area contributed by atoms with Gasteiger partial charge in [-0.15, -0.1) is 0 Å². The van der Waals surface area contributed by atoms with Gasteiger partial charge in [0.15, 0.2) is 18.1 Å². The molecular formula is C31H31NO7. The monoisotopic (exact) mass is 529 g/mol. The van der Waals surface area contributed by atoms with Crippen LogP contribution in [0.5, 0.6) is 17.2 Å².